The van der Waals surface area contributed by atoms with Gasteiger partial charge in [0, 0.05) is 13.1 Å². The van der Waals surface area contributed by atoms with Crippen molar-refractivity contribution in [1.29, 1.82) is 0 Å². The highest BCUT2D eigenvalue weighted by atomic mass is 16.2. The van der Waals surface area contributed by atoms with Crippen molar-refractivity contribution in [2.24, 2.45) is 5.73 Å². The van der Waals surface area contributed by atoms with Gasteiger partial charge in [0.2, 0.25) is 0 Å². The predicted molar refractivity (Wildman–Crippen MR) is 112 cm³/mol. The highest BCUT2D eigenvalue weighted by molar-refractivity contribution is 5.72. The number of piperidine rings is 2. The third-order valence-corrected chi connectivity index (χ3v) is 5.50. The van der Waals surface area contributed by atoms with Crippen LogP contribution in [0.5, 0.6) is 0 Å². The Morgan fingerprint density at radius 3 is 2.00 bits per heavy atom. The summed E-state index contributed by atoms with van der Waals surface area (Å²) >= 11 is 0. The third kappa shape index (κ3) is 5.83. The van der Waals surface area contributed by atoms with Crippen LogP contribution >= 0.6 is 0 Å². The van der Waals surface area contributed by atoms with Crippen molar-refractivity contribution in [3.05, 3.63) is 60.2 Å². The molecule has 2 aliphatic heterocycles. The van der Waals surface area contributed by atoms with Gasteiger partial charge in [-0.1, -0.05) is 54.6 Å². The molecule has 2 aromatic carbocycles. The summed E-state index contributed by atoms with van der Waals surface area (Å²) in [6, 6.07) is 19.4. The number of carbonyl (C=O) groups is 1. The zero-order valence-electron chi connectivity index (χ0n) is 16.1. The van der Waals surface area contributed by atoms with E-state index in [1.54, 1.807) is 4.90 Å². The van der Waals surface area contributed by atoms with E-state index in [0.29, 0.717) is 0 Å². The van der Waals surface area contributed by atoms with Crippen molar-refractivity contribution < 1.29 is 4.79 Å². The molecule has 3 N–H and O–H groups in total. The van der Waals surface area contributed by atoms with Crippen molar-refractivity contribution in [3.63, 3.8) is 0 Å². The Morgan fingerprint density at radius 1 is 0.852 bits per heavy atom. The summed E-state index contributed by atoms with van der Waals surface area (Å²) in [7, 11) is 0. The fourth-order valence-electron chi connectivity index (χ4n) is 3.85. The number of amides is 2. The molecule has 0 bridgehead atoms. The van der Waals surface area contributed by atoms with Gasteiger partial charge < -0.3 is 16.0 Å². The maximum atomic E-state index is 10.5. The fraction of sp³-hybridized carbons (Fsp3) is 0.435. The average molecular weight is 366 g/mol. The van der Waals surface area contributed by atoms with Crippen LogP contribution in [0.25, 0.3) is 11.1 Å². The number of benzene rings is 2. The molecular formula is C23H31N3O. The van der Waals surface area contributed by atoms with Gasteiger partial charge in [-0.25, -0.2) is 4.79 Å². The minimum atomic E-state index is -0.269. The normalized spacial score (nSPS) is 17.7. The van der Waals surface area contributed by atoms with E-state index in [1.807, 2.05) is 0 Å². The van der Waals surface area contributed by atoms with Crippen LogP contribution in [0.3, 0.4) is 0 Å². The smallest absolute Gasteiger partial charge is 0.314 e. The Kier molecular flexibility index (Phi) is 7.28. The molecule has 2 aliphatic rings. The van der Waals surface area contributed by atoms with E-state index >= 15 is 0 Å². The van der Waals surface area contributed by atoms with Crippen LogP contribution in [0.2, 0.25) is 0 Å². The molecule has 0 atom stereocenters. The van der Waals surface area contributed by atoms with Crippen LogP contribution in [0, 0.1) is 0 Å². The van der Waals surface area contributed by atoms with E-state index in [4.69, 9.17) is 5.73 Å². The maximum absolute atomic E-state index is 10.5. The summed E-state index contributed by atoms with van der Waals surface area (Å²) in [4.78, 5) is 12.2. The Bertz CT molecular complexity index is 687. The number of hydrogen-bond acceptors (Lipinski definition) is 2. The summed E-state index contributed by atoms with van der Waals surface area (Å²) in [5.41, 5.74) is 9.16. The van der Waals surface area contributed by atoms with Crippen LogP contribution < -0.4 is 11.1 Å². The number of likely N-dealkylation sites (tertiary alicyclic amines) is 1. The summed E-state index contributed by atoms with van der Waals surface area (Å²) in [5.74, 6) is 0.746. The molecule has 4 heteroatoms. The molecule has 2 fully saturated rings. The van der Waals surface area contributed by atoms with Crippen LogP contribution in [0.4, 0.5) is 4.79 Å². The molecule has 4 nitrogen and oxygen atoms in total. The number of nitrogens with one attached hydrogen (secondary N) is 1. The number of carbonyl (C=O) groups excluding carboxylic acids is 1. The second kappa shape index (κ2) is 10.1. The SMILES string of the molecule is NC(=O)N1CCCCC1.c1ccc(-c2ccc(C3CCNCC3)cc2)cc1. The highest BCUT2D eigenvalue weighted by Crippen LogP contribution is 2.27. The van der Waals surface area contributed by atoms with E-state index in [1.165, 1.54) is 36.0 Å². The molecule has 0 aromatic heterocycles. The first kappa shape index (κ1) is 19.4. The second-order valence-corrected chi connectivity index (χ2v) is 7.40. The van der Waals surface area contributed by atoms with Gasteiger partial charge >= 0.3 is 6.03 Å². The summed E-state index contributed by atoms with van der Waals surface area (Å²) in [6.07, 6.45) is 6.00. The molecule has 0 unspecified atom stereocenters. The van der Waals surface area contributed by atoms with Crippen molar-refractivity contribution in [2.75, 3.05) is 26.2 Å². The molecule has 2 heterocycles. The molecule has 0 radical (unpaired) electrons. The maximum Gasteiger partial charge on any atom is 0.314 e. The molecule has 0 spiro atoms. The van der Waals surface area contributed by atoms with Gasteiger partial charge in [0.1, 0.15) is 0 Å². The van der Waals surface area contributed by atoms with E-state index in [-0.39, 0.29) is 6.03 Å². The lowest BCUT2D eigenvalue weighted by Gasteiger charge is -2.24. The Hall–Kier alpha value is -2.33. The van der Waals surface area contributed by atoms with E-state index in [9.17, 15) is 4.79 Å². The number of primary amides is 1. The summed E-state index contributed by atoms with van der Waals surface area (Å²) in [5, 5.41) is 3.42. The molecule has 0 saturated carbocycles. The molecule has 2 aromatic rings. The van der Waals surface area contributed by atoms with E-state index in [0.717, 1.165) is 44.9 Å². The number of nitrogens with zero attached hydrogens (tertiary/aromatic N) is 1. The quantitative estimate of drug-likeness (QED) is 0.830. The molecule has 0 aliphatic carbocycles. The number of urea groups is 1. The van der Waals surface area contributed by atoms with Gasteiger partial charge in [-0.15, -0.1) is 0 Å². The number of nitrogens with two attached hydrogens (primary N) is 1. The molecule has 2 amide bonds. The molecule has 27 heavy (non-hydrogen) atoms. The Labute approximate surface area is 162 Å². The first-order valence-electron chi connectivity index (χ1n) is 10.1. The van der Waals surface area contributed by atoms with E-state index in [2.05, 4.69) is 59.9 Å². The van der Waals surface area contributed by atoms with E-state index < -0.39 is 0 Å². The van der Waals surface area contributed by atoms with Crippen molar-refractivity contribution in [1.82, 2.24) is 10.2 Å². The van der Waals surface area contributed by atoms with Crippen molar-refractivity contribution in [3.8, 4) is 11.1 Å². The Balaban J connectivity index is 0.000000197. The minimum Gasteiger partial charge on any atom is -0.351 e. The van der Waals surface area contributed by atoms with Gasteiger partial charge in [0.15, 0.2) is 0 Å². The zero-order valence-corrected chi connectivity index (χ0v) is 16.1. The molecular weight excluding hydrogens is 334 g/mol. The zero-order chi connectivity index (χ0) is 18.9. The first-order valence-corrected chi connectivity index (χ1v) is 10.1. The fourth-order valence-corrected chi connectivity index (χ4v) is 3.85. The first-order chi connectivity index (χ1) is 13.2. The Morgan fingerprint density at radius 2 is 1.44 bits per heavy atom. The van der Waals surface area contributed by atoms with Gasteiger partial charge in [0.05, 0.1) is 0 Å². The standard InChI is InChI=1S/C17H19N.C6H12N2O/c1-2-4-14(5-3-1)15-6-8-16(9-7-15)17-10-12-18-13-11-17;7-6(9)8-4-2-1-3-5-8/h1-9,17-18H,10-13H2;1-5H2,(H2,7,9). The van der Waals surface area contributed by atoms with Crippen molar-refractivity contribution >= 4 is 6.03 Å². The highest BCUT2D eigenvalue weighted by Gasteiger charge is 2.14. The van der Waals surface area contributed by atoms with Crippen LogP contribution in [0.15, 0.2) is 54.6 Å². The van der Waals surface area contributed by atoms with Gasteiger partial charge in [-0.3, -0.25) is 0 Å². The molecule has 4 rings (SSSR count). The molecule has 144 valence electrons. The molecule has 2 saturated heterocycles. The van der Waals surface area contributed by atoms with Crippen LogP contribution in [-0.2, 0) is 0 Å². The topological polar surface area (TPSA) is 58.4 Å². The van der Waals surface area contributed by atoms with Gasteiger partial charge in [-0.2, -0.15) is 0 Å². The monoisotopic (exact) mass is 365 g/mol. The number of rotatable bonds is 2. The average Bonchev–Trinajstić information content (AvgIpc) is 2.76. The van der Waals surface area contributed by atoms with Crippen molar-refractivity contribution in [2.45, 2.75) is 38.0 Å². The lowest BCUT2D eigenvalue weighted by molar-refractivity contribution is 0.196. The predicted octanol–water partition coefficient (Wildman–Crippen LogP) is 4.37. The second-order valence-electron chi connectivity index (χ2n) is 7.40. The lowest BCUT2D eigenvalue weighted by Crippen LogP contribution is -2.39. The summed E-state index contributed by atoms with van der Waals surface area (Å²) < 4.78 is 0. The van der Waals surface area contributed by atoms with Gasteiger partial charge in [0.25, 0.3) is 0 Å². The third-order valence-electron chi connectivity index (χ3n) is 5.50. The largest absolute Gasteiger partial charge is 0.351 e. The minimum absolute atomic E-state index is 0.269. The van der Waals surface area contributed by atoms with Gasteiger partial charge in [-0.05, 0) is 67.8 Å². The summed E-state index contributed by atoms with van der Waals surface area (Å²) in [6.45, 7) is 4.03. The van der Waals surface area contributed by atoms with Crippen LogP contribution in [0.1, 0.15) is 43.6 Å². The number of hydrogen-bond donors (Lipinski definition) is 2. The lowest BCUT2D eigenvalue weighted by atomic mass is 9.89. The van der Waals surface area contributed by atoms with Crippen LogP contribution in [-0.4, -0.2) is 37.1 Å².